The number of nitrogens with one attached hydrogen (secondary N) is 1. The maximum atomic E-state index is 11.7. The van der Waals surface area contributed by atoms with E-state index < -0.39 is 17.7 Å². The van der Waals surface area contributed by atoms with Crippen molar-refractivity contribution in [2.45, 2.75) is 26.2 Å². The fourth-order valence-corrected chi connectivity index (χ4v) is 1.73. The standard InChI is InChI=1S/C14H15NO5/c1-14(2)19-12(17)10(13(18)20-14)7-15-11-6-4-3-5-9(11)8-16/h3-7,15-16H,8H2,1-2H3. The Balaban J connectivity index is 2.19. The molecule has 0 unspecified atom stereocenters. The van der Waals surface area contributed by atoms with E-state index in [0.717, 1.165) is 0 Å². The topological polar surface area (TPSA) is 84.9 Å². The van der Waals surface area contributed by atoms with Crippen molar-refractivity contribution in [3.8, 4) is 0 Å². The summed E-state index contributed by atoms with van der Waals surface area (Å²) in [4.78, 5) is 23.4. The zero-order valence-electron chi connectivity index (χ0n) is 11.2. The molecule has 1 aliphatic heterocycles. The van der Waals surface area contributed by atoms with Crippen LogP contribution < -0.4 is 5.32 Å². The van der Waals surface area contributed by atoms with E-state index in [0.29, 0.717) is 11.3 Å². The summed E-state index contributed by atoms with van der Waals surface area (Å²) in [5.41, 5.74) is 1.01. The Morgan fingerprint density at radius 2 is 1.80 bits per heavy atom. The summed E-state index contributed by atoms with van der Waals surface area (Å²) in [6.07, 6.45) is 1.22. The molecule has 0 saturated carbocycles. The monoisotopic (exact) mass is 277 g/mol. The minimum atomic E-state index is -1.26. The van der Waals surface area contributed by atoms with Gasteiger partial charge < -0.3 is 19.9 Å². The summed E-state index contributed by atoms with van der Waals surface area (Å²) in [6, 6.07) is 6.98. The van der Waals surface area contributed by atoms with E-state index in [2.05, 4.69) is 5.32 Å². The highest BCUT2D eigenvalue weighted by Crippen LogP contribution is 2.23. The first-order chi connectivity index (χ1) is 9.43. The Morgan fingerprint density at radius 1 is 1.20 bits per heavy atom. The van der Waals surface area contributed by atoms with Gasteiger partial charge in [0.15, 0.2) is 5.57 Å². The Kier molecular flexibility index (Phi) is 3.76. The van der Waals surface area contributed by atoms with Gasteiger partial charge in [-0.1, -0.05) is 18.2 Å². The molecule has 0 aromatic heterocycles. The number of aliphatic hydroxyl groups excluding tert-OH is 1. The Labute approximate surface area is 116 Å². The predicted molar refractivity (Wildman–Crippen MR) is 70.3 cm³/mol. The van der Waals surface area contributed by atoms with Gasteiger partial charge in [-0.2, -0.15) is 0 Å². The third-order valence-corrected chi connectivity index (χ3v) is 2.68. The van der Waals surface area contributed by atoms with Crippen molar-refractivity contribution in [3.63, 3.8) is 0 Å². The molecule has 2 N–H and O–H groups in total. The number of benzene rings is 1. The lowest BCUT2D eigenvalue weighted by Gasteiger charge is -2.29. The fraction of sp³-hybridized carbons (Fsp3) is 0.286. The number of aliphatic hydroxyl groups is 1. The predicted octanol–water partition coefficient (Wildman–Crippen LogP) is 1.31. The van der Waals surface area contributed by atoms with E-state index in [4.69, 9.17) is 9.47 Å². The van der Waals surface area contributed by atoms with Crippen molar-refractivity contribution in [2.75, 3.05) is 5.32 Å². The molecule has 2 rings (SSSR count). The largest absolute Gasteiger partial charge is 0.419 e. The van der Waals surface area contributed by atoms with Crippen LogP contribution in [0.15, 0.2) is 36.0 Å². The fourth-order valence-electron chi connectivity index (χ4n) is 1.73. The van der Waals surface area contributed by atoms with Crippen LogP contribution in [0.5, 0.6) is 0 Å². The summed E-state index contributed by atoms with van der Waals surface area (Å²) in [6.45, 7) is 2.80. The molecular formula is C14H15NO5. The molecule has 106 valence electrons. The van der Waals surface area contributed by atoms with Crippen LogP contribution in [0.3, 0.4) is 0 Å². The average molecular weight is 277 g/mol. The van der Waals surface area contributed by atoms with E-state index in [1.807, 2.05) is 0 Å². The SMILES string of the molecule is CC1(C)OC(=O)C(=CNc2ccccc2CO)C(=O)O1. The number of ether oxygens (including phenoxy) is 2. The molecule has 0 radical (unpaired) electrons. The molecule has 1 saturated heterocycles. The molecule has 1 aliphatic rings. The van der Waals surface area contributed by atoms with E-state index in [-0.39, 0.29) is 12.2 Å². The third kappa shape index (κ3) is 2.97. The molecule has 0 spiro atoms. The lowest BCUT2D eigenvalue weighted by atomic mass is 10.2. The molecule has 1 heterocycles. The van der Waals surface area contributed by atoms with Crippen LogP contribution in [0.25, 0.3) is 0 Å². The average Bonchev–Trinajstić information content (AvgIpc) is 2.36. The van der Waals surface area contributed by atoms with Crippen molar-refractivity contribution in [1.82, 2.24) is 0 Å². The van der Waals surface area contributed by atoms with Gasteiger partial charge in [-0.3, -0.25) is 0 Å². The number of para-hydroxylation sites is 1. The quantitative estimate of drug-likeness (QED) is 0.492. The lowest BCUT2D eigenvalue weighted by molar-refractivity contribution is -0.222. The summed E-state index contributed by atoms with van der Waals surface area (Å²) in [7, 11) is 0. The molecule has 6 heteroatoms. The number of hydrogen-bond donors (Lipinski definition) is 2. The van der Waals surface area contributed by atoms with E-state index in [9.17, 15) is 14.7 Å². The minimum absolute atomic E-state index is 0.158. The van der Waals surface area contributed by atoms with Crippen molar-refractivity contribution in [1.29, 1.82) is 0 Å². The van der Waals surface area contributed by atoms with Gasteiger partial charge in [0.1, 0.15) is 0 Å². The first kappa shape index (κ1) is 14.1. The highest BCUT2D eigenvalue weighted by Gasteiger charge is 2.38. The first-order valence-electron chi connectivity index (χ1n) is 6.05. The summed E-state index contributed by atoms with van der Waals surface area (Å²) >= 11 is 0. The van der Waals surface area contributed by atoms with E-state index in [1.54, 1.807) is 24.3 Å². The van der Waals surface area contributed by atoms with Gasteiger partial charge in [0.25, 0.3) is 5.79 Å². The summed E-state index contributed by atoms with van der Waals surface area (Å²) in [5, 5.41) is 12.0. The van der Waals surface area contributed by atoms with Crippen LogP contribution in [0.1, 0.15) is 19.4 Å². The molecule has 20 heavy (non-hydrogen) atoms. The molecule has 0 bridgehead atoms. The highest BCUT2D eigenvalue weighted by atomic mass is 16.7. The van der Waals surface area contributed by atoms with Crippen LogP contribution in [-0.2, 0) is 25.7 Å². The van der Waals surface area contributed by atoms with Crippen LogP contribution in [0.4, 0.5) is 5.69 Å². The number of esters is 2. The number of carbonyl (C=O) groups is 2. The van der Waals surface area contributed by atoms with E-state index >= 15 is 0 Å². The van der Waals surface area contributed by atoms with Gasteiger partial charge in [0, 0.05) is 31.3 Å². The number of carbonyl (C=O) groups excluding carboxylic acids is 2. The molecule has 0 atom stereocenters. The molecule has 6 nitrogen and oxygen atoms in total. The molecule has 1 aromatic rings. The normalized spacial score (nSPS) is 17.2. The van der Waals surface area contributed by atoms with Crippen molar-refractivity contribution in [2.24, 2.45) is 0 Å². The van der Waals surface area contributed by atoms with Crippen LogP contribution in [0, 0.1) is 0 Å². The molecule has 0 aliphatic carbocycles. The Hall–Kier alpha value is -2.34. The molecular weight excluding hydrogens is 262 g/mol. The van der Waals surface area contributed by atoms with Gasteiger partial charge in [-0.25, -0.2) is 9.59 Å². The van der Waals surface area contributed by atoms with Crippen LogP contribution >= 0.6 is 0 Å². The smallest absolute Gasteiger partial charge is 0.350 e. The maximum absolute atomic E-state index is 11.7. The highest BCUT2D eigenvalue weighted by molar-refractivity contribution is 6.15. The Morgan fingerprint density at radius 3 is 2.40 bits per heavy atom. The van der Waals surface area contributed by atoms with Crippen molar-refractivity contribution >= 4 is 17.6 Å². The van der Waals surface area contributed by atoms with Gasteiger partial charge in [-0.05, 0) is 6.07 Å². The number of rotatable bonds is 3. The second kappa shape index (κ2) is 5.34. The van der Waals surface area contributed by atoms with Crippen molar-refractivity contribution < 1.29 is 24.2 Å². The van der Waals surface area contributed by atoms with Crippen molar-refractivity contribution in [3.05, 3.63) is 41.6 Å². The lowest BCUT2D eigenvalue weighted by Crippen LogP contribution is -2.42. The molecule has 1 aromatic carbocycles. The van der Waals surface area contributed by atoms with Gasteiger partial charge in [0.05, 0.1) is 6.61 Å². The van der Waals surface area contributed by atoms with Crippen LogP contribution in [-0.4, -0.2) is 22.8 Å². The first-order valence-corrected chi connectivity index (χ1v) is 6.05. The van der Waals surface area contributed by atoms with Crippen LogP contribution in [0.2, 0.25) is 0 Å². The van der Waals surface area contributed by atoms with E-state index in [1.165, 1.54) is 20.0 Å². The zero-order valence-corrected chi connectivity index (χ0v) is 11.2. The number of hydrogen-bond acceptors (Lipinski definition) is 6. The second-order valence-corrected chi connectivity index (χ2v) is 4.70. The van der Waals surface area contributed by atoms with Gasteiger partial charge in [-0.15, -0.1) is 0 Å². The number of cyclic esters (lactones) is 2. The van der Waals surface area contributed by atoms with Gasteiger partial charge >= 0.3 is 11.9 Å². The van der Waals surface area contributed by atoms with Gasteiger partial charge in [0.2, 0.25) is 0 Å². The summed E-state index contributed by atoms with van der Waals surface area (Å²) < 4.78 is 9.92. The summed E-state index contributed by atoms with van der Waals surface area (Å²) in [5.74, 6) is -2.76. The third-order valence-electron chi connectivity index (χ3n) is 2.68. The minimum Gasteiger partial charge on any atom is -0.419 e. The molecule has 0 amide bonds. The zero-order chi connectivity index (χ0) is 14.8. The second-order valence-electron chi connectivity index (χ2n) is 4.70. The maximum Gasteiger partial charge on any atom is 0.350 e. The number of anilines is 1. The Bertz CT molecular complexity index is 555. The molecule has 1 fully saturated rings.